The second-order valence-corrected chi connectivity index (χ2v) is 13.7. The minimum atomic E-state index is -0.659. The Morgan fingerprint density at radius 3 is 1.37 bits per heavy atom. The van der Waals surface area contributed by atoms with Crippen molar-refractivity contribution >= 4 is 0 Å². The van der Waals surface area contributed by atoms with Gasteiger partial charge < -0.3 is 24.8 Å². The van der Waals surface area contributed by atoms with E-state index in [2.05, 4.69) is 79.7 Å². The summed E-state index contributed by atoms with van der Waals surface area (Å²) >= 11 is -0.659. The number of halogens is 2. The fraction of sp³-hybridized carbons (Fsp3) is 0.667. The number of allylic oxidation sites excluding steroid dienone is 8. The summed E-state index contributed by atoms with van der Waals surface area (Å²) in [6.07, 6.45) is 14.8. The topological polar surface area (TPSA) is 0 Å². The first-order valence-electron chi connectivity index (χ1n) is 10.1. The monoisotopic (exact) mass is 486 g/mol. The Balaban J connectivity index is 0.00000338. The zero-order valence-corrected chi connectivity index (χ0v) is 22.5. The van der Waals surface area contributed by atoms with Crippen molar-refractivity contribution in [3.63, 3.8) is 0 Å². The molecule has 3 heteroatoms. The van der Waals surface area contributed by atoms with E-state index in [0.29, 0.717) is 10.8 Å². The molecule has 0 aromatic heterocycles. The quantitative estimate of drug-likeness (QED) is 0.488. The van der Waals surface area contributed by atoms with Crippen molar-refractivity contribution < 1.29 is 48.0 Å². The first-order valence-corrected chi connectivity index (χ1v) is 12.6. The van der Waals surface area contributed by atoms with E-state index in [1.807, 2.05) is 6.56 Å². The molecule has 0 atom stereocenters. The summed E-state index contributed by atoms with van der Waals surface area (Å²) in [6, 6.07) is 0. The van der Waals surface area contributed by atoms with E-state index < -0.39 is 23.2 Å². The van der Waals surface area contributed by atoms with Crippen LogP contribution in [0.25, 0.3) is 0 Å². The van der Waals surface area contributed by atoms with Gasteiger partial charge in [-0.2, -0.15) is 0 Å². The van der Waals surface area contributed by atoms with Gasteiger partial charge in [-0.1, -0.05) is 0 Å². The molecule has 0 nitrogen and oxygen atoms in total. The van der Waals surface area contributed by atoms with Crippen LogP contribution < -0.4 is 24.8 Å². The second kappa shape index (κ2) is 11.0. The molecule has 0 amide bonds. The molecule has 0 saturated heterocycles. The maximum absolute atomic E-state index is 2.46. The van der Waals surface area contributed by atoms with Gasteiger partial charge in [0.25, 0.3) is 0 Å². The Morgan fingerprint density at radius 1 is 0.741 bits per heavy atom. The van der Waals surface area contributed by atoms with E-state index in [4.69, 9.17) is 0 Å². The van der Waals surface area contributed by atoms with E-state index in [0.717, 1.165) is 11.8 Å². The summed E-state index contributed by atoms with van der Waals surface area (Å²) in [4.78, 5) is 0. The van der Waals surface area contributed by atoms with Crippen LogP contribution >= 0.6 is 0 Å². The SMILES string of the molecule is CC(C)CC(C)(C)C1=[C]([Zr+2][C]2=C(C(C)(C)CC(C)C)C=CC2)CC=C1.[Cl-].[Cl-]. The summed E-state index contributed by atoms with van der Waals surface area (Å²) in [5, 5.41) is 0. The number of hydrogen-bond acceptors (Lipinski definition) is 0. The molecule has 2 rings (SSSR count). The minimum Gasteiger partial charge on any atom is -1.00 e. The third kappa shape index (κ3) is 7.31. The maximum atomic E-state index is 2.46. The first kappa shape index (κ1) is 27.4. The fourth-order valence-electron chi connectivity index (χ4n) is 4.96. The van der Waals surface area contributed by atoms with E-state index in [9.17, 15) is 0 Å². The van der Waals surface area contributed by atoms with Crippen molar-refractivity contribution in [3.8, 4) is 0 Å². The molecule has 0 aromatic carbocycles. The number of rotatable bonds is 8. The molecular weight excluding hydrogens is 450 g/mol. The van der Waals surface area contributed by atoms with Crippen LogP contribution in [0.15, 0.2) is 42.0 Å². The van der Waals surface area contributed by atoms with Gasteiger partial charge in [-0.05, 0) is 0 Å². The summed E-state index contributed by atoms with van der Waals surface area (Å²) in [5.74, 6) is 1.52. The Kier molecular flexibility index (Phi) is 11.2. The summed E-state index contributed by atoms with van der Waals surface area (Å²) in [5.41, 5.74) is 4.04. The molecular formula is C24H38Cl2Zr. The van der Waals surface area contributed by atoms with Gasteiger partial charge >= 0.3 is 169 Å². The molecule has 0 aliphatic heterocycles. The average molecular weight is 489 g/mol. The Hall–Kier alpha value is 0.423. The van der Waals surface area contributed by atoms with Gasteiger partial charge in [-0.15, -0.1) is 0 Å². The maximum Gasteiger partial charge on any atom is -1.00 e. The normalized spacial score (nSPS) is 17.0. The minimum absolute atomic E-state index is 0. The predicted octanol–water partition coefficient (Wildman–Crippen LogP) is 1.65. The molecule has 0 N–H and O–H groups in total. The second-order valence-electron chi connectivity index (χ2n) is 10.1. The molecule has 27 heavy (non-hydrogen) atoms. The van der Waals surface area contributed by atoms with Gasteiger partial charge in [0, 0.05) is 0 Å². The molecule has 0 aromatic rings. The van der Waals surface area contributed by atoms with Crippen molar-refractivity contribution in [3.05, 3.63) is 42.0 Å². The van der Waals surface area contributed by atoms with Crippen molar-refractivity contribution in [1.82, 2.24) is 0 Å². The molecule has 0 saturated carbocycles. The van der Waals surface area contributed by atoms with Crippen LogP contribution in [0.3, 0.4) is 0 Å². The standard InChI is InChI=1S/2C12H19.2ClH.Zr/c2*1-10(2)9-12(3,4)11-7-5-6-8-11;;;/h2*5,7,10H,6,9H2,1-4H3;2*1H;/q;;;;+2/p-2. The third-order valence-electron chi connectivity index (χ3n) is 5.46. The third-order valence-corrected chi connectivity index (χ3v) is 9.27. The zero-order valence-electron chi connectivity index (χ0n) is 18.5. The van der Waals surface area contributed by atoms with Crippen LogP contribution in [0.2, 0.25) is 0 Å². The molecule has 0 bridgehead atoms. The molecule has 0 spiro atoms. The van der Waals surface area contributed by atoms with Crippen LogP contribution in [0.1, 0.15) is 81.1 Å². The van der Waals surface area contributed by atoms with Gasteiger partial charge in [0.05, 0.1) is 0 Å². The summed E-state index contributed by atoms with van der Waals surface area (Å²) in [7, 11) is 0. The average Bonchev–Trinajstić information content (AvgIpc) is 3.05. The van der Waals surface area contributed by atoms with Crippen LogP contribution in [0, 0.1) is 22.7 Å². The molecule has 0 fully saturated rings. The largest absolute Gasteiger partial charge is 1.00 e. The van der Waals surface area contributed by atoms with E-state index in [1.165, 1.54) is 25.7 Å². The molecule has 2 aliphatic rings. The van der Waals surface area contributed by atoms with Crippen LogP contribution in [0.4, 0.5) is 0 Å². The number of hydrogen-bond donors (Lipinski definition) is 0. The predicted molar refractivity (Wildman–Crippen MR) is 108 cm³/mol. The van der Waals surface area contributed by atoms with Crippen molar-refractivity contribution in [2.75, 3.05) is 0 Å². The molecule has 0 radical (unpaired) electrons. The van der Waals surface area contributed by atoms with E-state index in [-0.39, 0.29) is 24.8 Å². The summed E-state index contributed by atoms with van der Waals surface area (Å²) < 4.78 is 3.68. The van der Waals surface area contributed by atoms with Gasteiger partial charge in [0.15, 0.2) is 0 Å². The van der Waals surface area contributed by atoms with E-state index >= 15 is 0 Å². The van der Waals surface area contributed by atoms with Crippen LogP contribution in [-0.2, 0) is 23.2 Å². The molecule has 152 valence electrons. The molecule has 0 heterocycles. The van der Waals surface area contributed by atoms with Gasteiger partial charge in [0.1, 0.15) is 0 Å². The van der Waals surface area contributed by atoms with Crippen LogP contribution in [0.5, 0.6) is 0 Å². The fourth-order valence-corrected chi connectivity index (χ4v) is 9.67. The molecule has 2 aliphatic carbocycles. The van der Waals surface area contributed by atoms with E-state index in [1.54, 1.807) is 11.1 Å². The summed E-state index contributed by atoms with van der Waals surface area (Å²) in [6.45, 7) is 19.3. The Labute approximate surface area is 192 Å². The smallest absolute Gasteiger partial charge is 1.00 e. The van der Waals surface area contributed by atoms with Crippen LogP contribution in [-0.4, -0.2) is 0 Å². The molecule has 0 unspecified atom stereocenters. The Bertz CT molecular complexity index is 562. The van der Waals surface area contributed by atoms with Crippen molar-refractivity contribution in [2.24, 2.45) is 22.7 Å². The van der Waals surface area contributed by atoms with Gasteiger partial charge in [0.2, 0.25) is 0 Å². The van der Waals surface area contributed by atoms with Gasteiger partial charge in [-0.3, -0.25) is 0 Å². The first-order chi connectivity index (χ1) is 11.5. The Morgan fingerprint density at radius 2 is 1.07 bits per heavy atom. The van der Waals surface area contributed by atoms with Gasteiger partial charge in [-0.25, -0.2) is 0 Å². The zero-order chi connectivity index (χ0) is 18.8. The van der Waals surface area contributed by atoms with Crippen molar-refractivity contribution in [1.29, 1.82) is 0 Å². The van der Waals surface area contributed by atoms with Crippen molar-refractivity contribution in [2.45, 2.75) is 81.1 Å².